The molecule has 1 heterocycles. The van der Waals surface area contributed by atoms with Crippen LogP contribution >= 0.6 is 0 Å². The Bertz CT molecular complexity index is 447. The monoisotopic (exact) mass is 231 g/mol. The highest BCUT2D eigenvalue weighted by atomic mass is 16.5. The van der Waals surface area contributed by atoms with Gasteiger partial charge in [0.1, 0.15) is 12.4 Å². The van der Waals surface area contributed by atoms with E-state index in [-0.39, 0.29) is 5.78 Å². The van der Waals surface area contributed by atoms with E-state index >= 15 is 0 Å². The molecule has 1 aromatic rings. The number of fused-ring (bicyclic) bond motifs is 1. The zero-order valence-electron chi connectivity index (χ0n) is 10.3. The quantitative estimate of drug-likeness (QED) is 0.748. The van der Waals surface area contributed by atoms with Crippen molar-refractivity contribution in [2.75, 3.05) is 19.7 Å². The number of Topliss-reactive ketones (excluding diaryl/α,β-unsaturated/α-hetero) is 1. The van der Waals surface area contributed by atoms with Crippen LogP contribution in [-0.4, -0.2) is 30.4 Å². The van der Waals surface area contributed by atoms with Crippen LogP contribution in [0.1, 0.15) is 24.2 Å². The van der Waals surface area contributed by atoms with Crippen LogP contribution in [0.5, 0.6) is 5.75 Å². The maximum atomic E-state index is 12.2. The second kappa shape index (κ2) is 5.04. The molecule has 0 N–H and O–H groups in total. The van der Waals surface area contributed by atoms with Gasteiger partial charge in [0.05, 0.1) is 11.1 Å². The highest BCUT2D eigenvalue weighted by molar-refractivity contribution is 6.11. The Balaban J connectivity index is 2.28. The van der Waals surface area contributed by atoms with Gasteiger partial charge < -0.3 is 9.64 Å². The van der Waals surface area contributed by atoms with Gasteiger partial charge in [0, 0.05) is 19.3 Å². The SMILES string of the molecule is CCN(C=C1COc2ccccc2C1=O)CC. The Morgan fingerprint density at radius 3 is 2.71 bits per heavy atom. The van der Waals surface area contributed by atoms with Crippen molar-refractivity contribution >= 4 is 5.78 Å². The number of rotatable bonds is 3. The van der Waals surface area contributed by atoms with Gasteiger partial charge in [0.2, 0.25) is 0 Å². The van der Waals surface area contributed by atoms with E-state index in [1.165, 1.54) is 0 Å². The molecule has 1 aromatic carbocycles. The summed E-state index contributed by atoms with van der Waals surface area (Å²) in [5, 5.41) is 0. The number of nitrogens with zero attached hydrogens (tertiary/aromatic N) is 1. The molecule has 0 unspecified atom stereocenters. The molecule has 0 spiro atoms. The first kappa shape index (κ1) is 11.7. The van der Waals surface area contributed by atoms with Gasteiger partial charge in [-0.25, -0.2) is 0 Å². The number of ether oxygens (including phenoxy) is 1. The molecular formula is C14H17NO2. The first-order valence-corrected chi connectivity index (χ1v) is 5.97. The molecule has 17 heavy (non-hydrogen) atoms. The predicted octanol–water partition coefficient (Wildman–Crippen LogP) is 2.49. The van der Waals surface area contributed by atoms with E-state index in [1.54, 1.807) is 0 Å². The Morgan fingerprint density at radius 2 is 2.00 bits per heavy atom. The Hall–Kier alpha value is -1.77. The standard InChI is InChI=1S/C14H17NO2/c1-3-15(4-2)9-11-10-17-13-8-6-5-7-12(13)14(11)16/h5-9H,3-4,10H2,1-2H3. The summed E-state index contributed by atoms with van der Waals surface area (Å²) in [6.45, 7) is 6.31. The lowest BCUT2D eigenvalue weighted by Crippen LogP contribution is -2.24. The van der Waals surface area contributed by atoms with Gasteiger partial charge in [-0.2, -0.15) is 0 Å². The lowest BCUT2D eigenvalue weighted by Gasteiger charge is -2.22. The van der Waals surface area contributed by atoms with Gasteiger partial charge in [0.15, 0.2) is 5.78 Å². The number of benzene rings is 1. The van der Waals surface area contributed by atoms with Crippen molar-refractivity contribution in [3.8, 4) is 5.75 Å². The van der Waals surface area contributed by atoms with Crippen LogP contribution in [0.2, 0.25) is 0 Å². The molecule has 1 aliphatic heterocycles. The molecular weight excluding hydrogens is 214 g/mol. The topological polar surface area (TPSA) is 29.5 Å². The lowest BCUT2D eigenvalue weighted by molar-refractivity contribution is 0.0996. The fourth-order valence-corrected chi connectivity index (χ4v) is 1.90. The van der Waals surface area contributed by atoms with E-state index in [0.29, 0.717) is 17.9 Å². The average molecular weight is 231 g/mol. The minimum absolute atomic E-state index is 0.0822. The molecule has 0 aliphatic carbocycles. The van der Waals surface area contributed by atoms with Gasteiger partial charge in [-0.3, -0.25) is 4.79 Å². The Morgan fingerprint density at radius 1 is 1.29 bits per heavy atom. The Kier molecular flexibility index (Phi) is 3.47. The van der Waals surface area contributed by atoms with E-state index in [0.717, 1.165) is 18.7 Å². The van der Waals surface area contributed by atoms with Crippen molar-refractivity contribution in [3.05, 3.63) is 41.6 Å². The van der Waals surface area contributed by atoms with Crippen molar-refractivity contribution in [2.24, 2.45) is 0 Å². The van der Waals surface area contributed by atoms with Gasteiger partial charge >= 0.3 is 0 Å². The molecule has 90 valence electrons. The fourth-order valence-electron chi connectivity index (χ4n) is 1.90. The second-order valence-corrected chi connectivity index (χ2v) is 3.99. The third-order valence-corrected chi connectivity index (χ3v) is 2.96. The van der Waals surface area contributed by atoms with Gasteiger partial charge in [-0.05, 0) is 26.0 Å². The molecule has 0 saturated carbocycles. The molecule has 0 fully saturated rings. The van der Waals surface area contributed by atoms with Crippen molar-refractivity contribution in [2.45, 2.75) is 13.8 Å². The summed E-state index contributed by atoms with van der Waals surface area (Å²) in [6.07, 6.45) is 1.91. The predicted molar refractivity (Wildman–Crippen MR) is 67.3 cm³/mol. The highest BCUT2D eigenvalue weighted by Crippen LogP contribution is 2.26. The summed E-state index contributed by atoms with van der Waals surface area (Å²) in [6, 6.07) is 7.39. The first-order chi connectivity index (χ1) is 8.26. The van der Waals surface area contributed by atoms with E-state index < -0.39 is 0 Å². The van der Waals surface area contributed by atoms with E-state index in [4.69, 9.17) is 4.74 Å². The van der Waals surface area contributed by atoms with Crippen LogP contribution in [0.15, 0.2) is 36.0 Å². The number of carbonyl (C=O) groups is 1. The Labute approximate surface area is 102 Å². The van der Waals surface area contributed by atoms with E-state index in [1.807, 2.05) is 30.5 Å². The van der Waals surface area contributed by atoms with Crippen molar-refractivity contribution in [3.63, 3.8) is 0 Å². The molecule has 1 aliphatic rings. The molecule has 0 radical (unpaired) electrons. The molecule has 2 rings (SSSR count). The summed E-state index contributed by atoms with van der Waals surface area (Å²) in [7, 11) is 0. The zero-order valence-corrected chi connectivity index (χ0v) is 10.3. The first-order valence-electron chi connectivity index (χ1n) is 5.97. The summed E-state index contributed by atoms with van der Waals surface area (Å²) in [5.41, 5.74) is 1.39. The smallest absolute Gasteiger partial charge is 0.197 e. The summed E-state index contributed by atoms with van der Waals surface area (Å²) in [5.74, 6) is 0.771. The number of para-hydroxylation sites is 1. The summed E-state index contributed by atoms with van der Waals surface area (Å²) in [4.78, 5) is 14.3. The summed E-state index contributed by atoms with van der Waals surface area (Å²) >= 11 is 0. The molecule has 0 amide bonds. The third kappa shape index (κ3) is 2.33. The third-order valence-electron chi connectivity index (χ3n) is 2.96. The normalized spacial score (nSPS) is 16.6. The maximum Gasteiger partial charge on any atom is 0.197 e. The maximum absolute atomic E-state index is 12.2. The highest BCUT2D eigenvalue weighted by Gasteiger charge is 2.22. The zero-order chi connectivity index (χ0) is 12.3. The largest absolute Gasteiger partial charge is 0.488 e. The number of hydrogen-bond donors (Lipinski definition) is 0. The van der Waals surface area contributed by atoms with Crippen molar-refractivity contribution in [1.82, 2.24) is 4.90 Å². The number of hydrogen-bond acceptors (Lipinski definition) is 3. The second-order valence-electron chi connectivity index (χ2n) is 3.99. The molecule has 3 nitrogen and oxygen atoms in total. The minimum atomic E-state index is 0.0822. The van der Waals surface area contributed by atoms with Crippen molar-refractivity contribution in [1.29, 1.82) is 0 Å². The lowest BCUT2D eigenvalue weighted by atomic mass is 10.0. The number of ketones is 1. The van der Waals surface area contributed by atoms with E-state index in [9.17, 15) is 4.79 Å². The van der Waals surface area contributed by atoms with Crippen LogP contribution in [-0.2, 0) is 0 Å². The van der Waals surface area contributed by atoms with Crippen LogP contribution in [0.4, 0.5) is 0 Å². The van der Waals surface area contributed by atoms with Gasteiger partial charge in [-0.1, -0.05) is 12.1 Å². The minimum Gasteiger partial charge on any atom is -0.488 e. The molecule has 3 heteroatoms. The van der Waals surface area contributed by atoms with E-state index in [2.05, 4.69) is 18.7 Å². The molecule has 0 aromatic heterocycles. The molecule has 0 atom stereocenters. The van der Waals surface area contributed by atoms with Gasteiger partial charge in [0.25, 0.3) is 0 Å². The molecule has 0 saturated heterocycles. The van der Waals surface area contributed by atoms with Crippen molar-refractivity contribution < 1.29 is 9.53 Å². The molecule has 0 bridgehead atoms. The van der Waals surface area contributed by atoms with Crippen LogP contribution < -0.4 is 4.74 Å². The summed E-state index contributed by atoms with van der Waals surface area (Å²) < 4.78 is 5.58. The van der Waals surface area contributed by atoms with Crippen LogP contribution in [0.3, 0.4) is 0 Å². The number of carbonyl (C=O) groups excluding carboxylic acids is 1. The van der Waals surface area contributed by atoms with Crippen LogP contribution in [0, 0.1) is 0 Å². The average Bonchev–Trinajstić information content (AvgIpc) is 2.38. The van der Waals surface area contributed by atoms with Crippen LogP contribution in [0.25, 0.3) is 0 Å². The van der Waals surface area contributed by atoms with Gasteiger partial charge in [-0.15, -0.1) is 0 Å². The fraction of sp³-hybridized carbons (Fsp3) is 0.357.